The molecule has 108 valence electrons. The standard InChI is InChI=1S/C16H21NO3/c1-15(2)11-9-10(5-6-12(11)17-14(15)19)13(18)16(3)7-4-8-20-16/h5-6,9,13,18H,4,7-8H2,1-3H3,(H,17,19). The lowest BCUT2D eigenvalue weighted by atomic mass is 9.83. The van der Waals surface area contributed by atoms with Gasteiger partial charge in [0.15, 0.2) is 0 Å². The van der Waals surface area contributed by atoms with Gasteiger partial charge in [-0.2, -0.15) is 0 Å². The molecule has 1 amide bonds. The van der Waals surface area contributed by atoms with Crippen LogP contribution in [0.2, 0.25) is 0 Å². The Morgan fingerprint density at radius 3 is 2.75 bits per heavy atom. The van der Waals surface area contributed by atoms with Crippen molar-refractivity contribution in [3.63, 3.8) is 0 Å². The molecule has 1 aromatic carbocycles. The number of ether oxygens (including phenoxy) is 1. The molecule has 0 spiro atoms. The predicted octanol–water partition coefficient (Wildman–Crippen LogP) is 2.52. The van der Waals surface area contributed by atoms with Crippen molar-refractivity contribution >= 4 is 11.6 Å². The van der Waals surface area contributed by atoms with Gasteiger partial charge in [-0.3, -0.25) is 4.79 Å². The Morgan fingerprint density at radius 1 is 1.35 bits per heavy atom. The van der Waals surface area contributed by atoms with Crippen LogP contribution in [0.3, 0.4) is 0 Å². The first-order valence-corrected chi connectivity index (χ1v) is 7.12. The average molecular weight is 275 g/mol. The fourth-order valence-corrected chi connectivity index (χ4v) is 3.13. The molecule has 2 aliphatic heterocycles. The minimum Gasteiger partial charge on any atom is -0.385 e. The van der Waals surface area contributed by atoms with Crippen LogP contribution in [0.15, 0.2) is 18.2 Å². The van der Waals surface area contributed by atoms with Gasteiger partial charge in [-0.15, -0.1) is 0 Å². The molecule has 3 rings (SSSR count). The SMILES string of the molecule is CC1(C)C(=O)Nc2ccc(C(O)C3(C)CCCO3)cc21. The van der Waals surface area contributed by atoms with Gasteiger partial charge in [0, 0.05) is 12.3 Å². The maximum Gasteiger partial charge on any atom is 0.234 e. The number of rotatable bonds is 2. The smallest absolute Gasteiger partial charge is 0.234 e. The minimum absolute atomic E-state index is 0.00229. The van der Waals surface area contributed by atoms with Crippen LogP contribution in [0.5, 0.6) is 0 Å². The highest BCUT2D eigenvalue weighted by Crippen LogP contribution is 2.42. The van der Waals surface area contributed by atoms with E-state index < -0.39 is 17.1 Å². The third kappa shape index (κ3) is 1.86. The Kier molecular flexibility index (Phi) is 2.92. The first-order valence-electron chi connectivity index (χ1n) is 7.12. The van der Waals surface area contributed by atoms with Crippen molar-refractivity contribution in [3.05, 3.63) is 29.3 Å². The van der Waals surface area contributed by atoms with E-state index in [4.69, 9.17) is 4.74 Å². The number of hydrogen-bond acceptors (Lipinski definition) is 3. The second-order valence-corrected chi connectivity index (χ2v) is 6.55. The molecule has 0 saturated carbocycles. The van der Waals surface area contributed by atoms with Crippen molar-refractivity contribution in [1.82, 2.24) is 0 Å². The van der Waals surface area contributed by atoms with Gasteiger partial charge < -0.3 is 15.2 Å². The Labute approximate surface area is 119 Å². The zero-order valence-corrected chi connectivity index (χ0v) is 12.2. The highest BCUT2D eigenvalue weighted by Gasteiger charge is 2.41. The Morgan fingerprint density at radius 2 is 2.10 bits per heavy atom. The Balaban J connectivity index is 1.98. The first-order chi connectivity index (χ1) is 9.34. The molecule has 2 N–H and O–H groups in total. The molecule has 1 saturated heterocycles. The number of carbonyl (C=O) groups is 1. The molecule has 1 aromatic rings. The van der Waals surface area contributed by atoms with Gasteiger partial charge >= 0.3 is 0 Å². The molecule has 20 heavy (non-hydrogen) atoms. The predicted molar refractivity (Wildman–Crippen MR) is 76.6 cm³/mol. The van der Waals surface area contributed by atoms with Crippen molar-refractivity contribution in [2.75, 3.05) is 11.9 Å². The summed E-state index contributed by atoms with van der Waals surface area (Å²) in [6.45, 7) is 6.45. The Hall–Kier alpha value is -1.39. The lowest BCUT2D eigenvalue weighted by molar-refractivity contribution is -0.119. The number of aliphatic hydroxyl groups excluding tert-OH is 1. The van der Waals surface area contributed by atoms with Crippen LogP contribution in [0, 0.1) is 0 Å². The van der Waals surface area contributed by atoms with Crippen molar-refractivity contribution in [3.8, 4) is 0 Å². The summed E-state index contributed by atoms with van der Waals surface area (Å²) in [5.74, 6) is 0.00229. The van der Waals surface area contributed by atoms with E-state index in [-0.39, 0.29) is 5.91 Å². The van der Waals surface area contributed by atoms with E-state index >= 15 is 0 Å². The highest BCUT2D eigenvalue weighted by molar-refractivity contribution is 6.05. The molecule has 2 heterocycles. The van der Waals surface area contributed by atoms with E-state index in [1.807, 2.05) is 39.0 Å². The summed E-state index contributed by atoms with van der Waals surface area (Å²) >= 11 is 0. The van der Waals surface area contributed by atoms with Crippen LogP contribution < -0.4 is 5.32 Å². The summed E-state index contributed by atoms with van der Waals surface area (Å²) in [6.07, 6.45) is 1.16. The van der Waals surface area contributed by atoms with Crippen molar-refractivity contribution in [2.24, 2.45) is 0 Å². The topological polar surface area (TPSA) is 58.6 Å². The molecule has 0 bridgehead atoms. The fraction of sp³-hybridized carbons (Fsp3) is 0.562. The van der Waals surface area contributed by atoms with E-state index in [1.165, 1.54) is 0 Å². The lowest BCUT2D eigenvalue weighted by Gasteiger charge is -2.30. The monoisotopic (exact) mass is 275 g/mol. The van der Waals surface area contributed by atoms with Crippen LogP contribution >= 0.6 is 0 Å². The van der Waals surface area contributed by atoms with Crippen LogP contribution in [0.1, 0.15) is 50.8 Å². The summed E-state index contributed by atoms with van der Waals surface area (Å²) in [6, 6.07) is 5.68. The number of anilines is 1. The lowest BCUT2D eigenvalue weighted by Crippen LogP contribution is -2.32. The van der Waals surface area contributed by atoms with Crippen LogP contribution in [-0.4, -0.2) is 23.2 Å². The first kappa shape index (κ1) is 13.6. The molecule has 4 nitrogen and oxygen atoms in total. The molecule has 2 aliphatic rings. The number of nitrogens with one attached hydrogen (secondary N) is 1. The number of hydrogen-bond donors (Lipinski definition) is 2. The van der Waals surface area contributed by atoms with Crippen LogP contribution in [0.25, 0.3) is 0 Å². The third-order valence-corrected chi connectivity index (χ3v) is 4.68. The van der Waals surface area contributed by atoms with Crippen molar-refractivity contribution < 1.29 is 14.6 Å². The summed E-state index contributed by atoms with van der Waals surface area (Å²) in [5.41, 5.74) is 1.53. The second kappa shape index (κ2) is 4.30. The van der Waals surface area contributed by atoms with Gasteiger partial charge in [0.25, 0.3) is 0 Å². The number of carbonyl (C=O) groups excluding carboxylic acids is 1. The molecular formula is C16H21NO3. The molecular weight excluding hydrogens is 254 g/mol. The van der Waals surface area contributed by atoms with Gasteiger partial charge in [-0.1, -0.05) is 6.07 Å². The maximum atomic E-state index is 12.0. The van der Waals surface area contributed by atoms with Crippen molar-refractivity contribution in [2.45, 2.75) is 50.7 Å². The quantitative estimate of drug-likeness (QED) is 0.872. The van der Waals surface area contributed by atoms with E-state index in [2.05, 4.69) is 5.32 Å². The highest BCUT2D eigenvalue weighted by atomic mass is 16.5. The third-order valence-electron chi connectivity index (χ3n) is 4.68. The molecule has 0 aromatic heterocycles. The summed E-state index contributed by atoms with van der Waals surface area (Å²) < 4.78 is 5.72. The molecule has 1 fully saturated rings. The molecule has 0 radical (unpaired) electrons. The molecule has 2 atom stereocenters. The van der Waals surface area contributed by atoms with Gasteiger partial charge in [-0.25, -0.2) is 0 Å². The zero-order valence-electron chi connectivity index (χ0n) is 12.2. The van der Waals surface area contributed by atoms with Crippen LogP contribution in [0.4, 0.5) is 5.69 Å². The number of fused-ring (bicyclic) bond motifs is 1. The van der Waals surface area contributed by atoms with Crippen LogP contribution in [-0.2, 0) is 14.9 Å². The second-order valence-electron chi connectivity index (χ2n) is 6.55. The largest absolute Gasteiger partial charge is 0.385 e. The van der Waals surface area contributed by atoms with Crippen molar-refractivity contribution in [1.29, 1.82) is 0 Å². The summed E-state index contributed by atoms with van der Waals surface area (Å²) in [5, 5.41) is 13.5. The van der Waals surface area contributed by atoms with Gasteiger partial charge in [0.2, 0.25) is 5.91 Å². The molecule has 4 heteroatoms. The summed E-state index contributed by atoms with van der Waals surface area (Å²) in [4.78, 5) is 12.0. The minimum atomic E-state index is -0.665. The van der Waals surface area contributed by atoms with E-state index in [9.17, 15) is 9.90 Å². The molecule has 0 aliphatic carbocycles. The molecule has 2 unspecified atom stereocenters. The number of benzene rings is 1. The van der Waals surface area contributed by atoms with Gasteiger partial charge in [0.1, 0.15) is 6.10 Å². The summed E-state index contributed by atoms with van der Waals surface area (Å²) in [7, 11) is 0. The maximum absolute atomic E-state index is 12.0. The normalized spacial score (nSPS) is 29.1. The van der Waals surface area contributed by atoms with Gasteiger partial charge in [-0.05, 0) is 56.9 Å². The average Bonchev–Trinajstić information content (AvgIpc) is 2.94. The van der Waals surface area contributed by atoms with E-state index in [0.717, 1.165) is 29.7 Å². The van der Waals surface area contributed by atoms with E-state index in [0.29, 0.717) is 6.61 Å². The fourth-order valence-electron chi connectivity index (χ4n) is 3.13. The number of aliphatic hydroxyl groups is 1. The Bertz CT molecular complexity index is 559. The number of amides is 1. The zero-order chi connectivity index (χ0) is 14.5. The van der Waals surface area contributed by atoms with Gasteiger partial charge in [0.05, 0.1) is 11.0 Å². The van der Waals surface area contributed by atoms with E-state index in [1.54, 1.807) is 0 Å².